The van der Waals surface area contributed by atoms with Crippen LogP contribution in [0.5, 0.6) is 0 Å². The van der Waals surface area contributed by atoms with Gasteiger partial charge in [-0.3, -0.25) is 4.90 Å². The molecule has 4 heteroatoms. The van der Waals surface area contributed by atoms with Gasteiger partial charge in [-0.1, -0.05) is 78.9 Å². The highest BCUT2D eigenvalue weighted by Crippen LogP contribution is 2.41. The predicted molar refractivity (Wildman–Crippen MR) is 160 cm³/mol. The molecule has 0 bridgehead atoms. The number of benzene rings is 3. The fraction of sp³-hybridized carbons (Fsp3) is 0.441. The third-order valence-electron chi connectivity index (χ3n) is 8.95. The van der Waals surface area contributed by atoms with Crippen molar-refractivity contribution in [1.29, 1.82) is 0 Å². The molecule has 2 fully saturated rings. The monoisotopic (exact) mass is 508 g/mol. The van der Waals surface area contributed by atoms with Crippen molar-refractivity contribution in [3.8, 4) is 0 Å². The average molecular weight is 509 g/mol. The van der Waals surface area contributed by atoms with Crippen LogP contribution in [0.25, 0.3) is 0 Å². The van der Waals surface area contributed by atoms with Gasteiger partial charge in [0.1, 0.15) is 5.84 Å². The van der Waals surface area contributed by atoms with Crippen LogP contribution in [-0.2, 0) is 5.41 Å². The van der Waals surface area contributed by atoms with Crippen molar-refractivity contribution in [2.24, 2.45) is 4.99 Å². The van der Waals surface area contributed by atoms with Gasteiger partial charge >= 0.3 is 0 Å². The van der Waals surface area contributed by atoms with E-state index in [2.05, 4.69) is 120 Å². The number of aryl methyl sites for hydroxylation is 1. The zero-order valence-electron chi connectivity index (χ0n) is 23.5. The summed E-state index contributed by atoms with van der Waals surface area (Å²) < 4.78 is 0. The molecule has 5 rings (SSSR count). The zero-order valence-corrected chi connectivity index (χ0v) is 23.5. The fourth-order valence-corrected chi connectivity index (χ4v) is 6.38. The van der Waals surface area contributed by atoms with Crippen LogP contribution in [0, 0.1) is 6.92 Å². The van der Waals surface area contributed by atoms with E-state index in [1.54, 1.807) is 0 Å². The Morgan fingerprint density at radius 1 is 0.842 bits per heavy atom. The van der Waals surface area contributed by atoms with Crippen molar-refractivity contribution in [3.05, 3.63) is 102 Å². The highest BCUT2D eigenvalue weighted by molar-refractivity contribution is 5.83. The van der Waals surface area contributed by atoms with Crippen molar-refractivity contribution in [1.82, 2.24) is 14.7 Å². The molecular weight excluding hydrogens is 464 g/mol. The number of amidine groups is 1. The molecule has 0 saturated carbocycles. The first kappa shape index (κ1) is 26.6. The Labute approximate surface area is 230 Å². The van der Waals surface area contributed by atoms with Gasteiger partial charge in [0.25, 0.3) is 0 Å². The third-order valence-corrected chi connectivity index (χ3v) is 8.95. The minimum Gasteiger partial charge on any atom is -0.359 e. The van der Waals surface area contributed by atoms with E-state index in [4.69, 9.17) is 4.99 Å². The van der Waals surface area contributed by atoms with Gasteiger partial charge in [-0.25, -0.2) is 4.99 Å². The minimum absolute atomic E-state index is 0.221. The molecule has 0 amide bonds. The zero-order chi connectivity index (χ0) is 26.4. The minimum atomic E-state index is 0.221. The smallest absolute Gasteiger partial charge is 0.102 e. The molecule has 200 valence electrons. The second-order valence-electron chi connectivity index (χ2n) is 11.3. The standard InChI is InChI=1S/C34H44N4/c1-28-13-10-11-18-33(28)35-30(3)37-22-12-21-36(25-26-37)23-19-34(32-16-8-5-9-17-32)20-24-38(27-34)29(2)31-14-6-4-7-15-31/h4-11,13-18,29H,12,19-27H2,1-3H3. The molecule has 38 heavy (non-hydrogen) atoms. The largest absolute Gasteiger partial charge is 0.359 e. The molecule has 2 aliphatic heterocycles. The Balaban J connectivity index is 1.24. The maximum absolute atomic E-state index is 4.98. The maximum atomic E-state index is 4.98. The Morgan fingerprint density at radius 3 is 2.32 bits per heavy atom. The van der Waals surface area contributed by atoms with Gasteiger partial charge < -0.3 is 9.80 Å². The lowest BCUT2D eigenvalue weighted by Gasteiger charge is -2.34. The predicted octanol–water partition coefficient (Wildman–Crippen LogP) is 6.85. The van der Waals surface area contributed by atoms with Crippen LogP contribution >= 0.6 is 0 Å². The number of para-hydroxylation sites is 1. The van der Waals surface area contributed by atoms with E-state index in [0.29, 0.717) is 6.04 Å². The molecule has 0 aromatic heterocycles. The molecule has 0 spiro atoms. The SMILES string of the molecule is CC(=Nc1ccccc1C)N1CCCN(CCC2(c3ccccc3)CCN(C(C)c3ccccc3)C2)CC1. The van der Waals surface area contributed by atoms with E-state index in [1.807, 2.05) is 0 Å². The van der Waals surface area contributed by atoms with Gasteiger partial charge in [0.15, 0.2) is 0 Å². The molecule has 3 aromatic carbocycles. The summed E-state index contributed by atoms with van der Waals surface area (Å²) in [7, 11) is 0. The van der Waals surface area contributed by atoms with Crippen molar-refractivity contribution in [2.75, 3.05) is 45.8 Å². The summed E-state index contributed by atoms with van der Waals surface area (Å²) in [6.07, 6.45) is 3.64. The molecule has 2 unspecified atom stereocenters. The summed E-state index contributed by atoms with van der Waals surface area (Å²) in [5.74, 6) is 1.14. The number of aliphatic imine (C=N–C) groups is 1. The molecule has 2 saturated heterocycles. The van der Waals surface area contributed by atoms with Crippen molar-refractivity contribution in [3.63, 3.8) is 0 Å². The van der Waals surface area contributed by atoms with Crippen LogP contribution < -0.4 is 0 Å². The highest BCUT2D eigenvalue weighted by Gasteiger charge is 2.41. The van der Waals surface area contributed by atoms with E-state index in [9.17, 15) is 0 Å². The van der Waals surface area contributed by atoms with Crippen molar-refractivity contribution >= 4 is 11.5 Å². The van der Waals surface area contributed by atoms with Crippen LogP contribution in [0.1, 0.15) is 55.8 Å². The van der Waals surface area contributed by atoms with Crippen LogP contribution in [-0.4, -0.2) is 66.3 Å². The first-order valence-corrected chi connectivity index (χ1v) is 14.5. The summed E-state index contributed by atoms with van der Waals surface area (Å²) in [5, 5.41) is 0. The van der Waals surface area contributed by atoms with Gasteiger partial charge in [0.2, 0.25) is 0 Å². The molecule has 3 aromatic rings. The van der Waals surface area contributed by atoms with Crippen LogP contribution in [0.2, 0.25) is 0 Å². The number of rotatable bonds is 7. The lowest BCUT2D eigenvalue weighted by Crippen LogP contribution is -2.38. The van der Waals surface area contributed by atoms with Crippen LogP contribution in [0.4, 0.5) is 5.69 Å². The third kappa shape index (κ3) is 6.19. The Hall–Kier alpha value is -2.95. The first-order valence-electron chi connectivity index (χ1n) is 14.5. The molecular formula is C34H44N4. The topological polar surface area (TPSA) is 22.1 Å². The maximum Gasteiger partial charge on any atom is 0.102 e. The molecule has 2 aliphatic rings. The molecule has 0 N–H and O–H groups in total. The number of hydrogen-bond acceptors (Lipinski definition) is 3. The van der Waals surface area contributed by atoms with Gasteiger partial charge in [0.05, 0.1) is 5.69 Å². The highest BCUT2D eigenvalue weighted by atomic mass is 15.2. The van der Waals surface area contributed by atoms with E-state index < -0.39 is 0 Å². The molecule has 0 aliphatic carbocycles. The molecule has 4 nitrogen and oxygen atoms in total. The fourth-order valence-electron chi connectivity index (χ4n) is 6.38. The lowest BCUT2D eigenvalue weighted by molar-refractivity contribution is 0.217. The van der Waals surface area contributed by atoms with Gasteiger partial charge in [-0.15, -0.1) is 0 Å². The Kier molecular flexibility index (Phi) is 8.61. The number of nitrogens with zero attached hydrogens (tertiary/aromatic N) is 4. The summed E-state index contributed by atoms with van der Waals surface area (Å²) in [4.78, 5) is 12.9. The number of hydrogen-bond donors (Lipinski definition) is 0. The van der Waals surface area contributed by atoms with E-state index in [0.717, 1.165) is 50.8 Å². The van der Waals surface area contributed by atoms with Crippen LogP contribution in [0.3, 0.4) is 0 Å². The van der Waals surface area contributed by atoms with Crippen LogP contribution in [0.15, 0.2) is 89.9 Å². The Bertz CT molecular complexity index is 1190. The van der Waals surface area contributed by atoms with Gasteiger partial charge in [-0.05, 0) is 82.4 Å². The second-order valence-corrected chi connectivity index (χ2v) is 11.3. The quantitative estimate of drug-likeness (QED) is 0.257. The van der Waals surface area contributed by atoms with E-state index in [1.165, 1.54) is 42.5 Å². The average Bonchev–Trinajstić information content (AvgIpc) is 3.26. The van der Waals surface area contributed by atoms with Crippen molar-refractivity contribution < 1.29 is 0 Å². The van der Waals surface area contributed by atoms with Crippen molar-refractivity contribution in [2.45, 2.75) is 51.5 Å². The lowest BCUT2D eigenvalue weighted by atomic mass is 9.76. The van der Waals surface area contributed by atoms with E-state index >= 15 is 0 Å². The normalized spacial score (nSPS) is 22.4. The summed E-state index contributed by atoms with van der Waals surface area (Å²) in [6, 6.07) is 31.2. The number of likely N-dealkylation sites (tertiary alicyclic amines) is 1. The summed E-state index contributed by atoms with van der Waals surface area (Å²) in [6.45, 7) is 14.6. The first-order chi connectivity index (χ1) is 18.5. The summed E-state index contributed by atoms with van der Waals surface area (Å²) >= 11 is 0. The second kappa shape index (κ2) is 12.3. The van der Waals surface area contributed by atoms with E-state index in [-0.39, 0.29) is 5.41 Å². The molecule has 2 atom stereocenters. The van der Waals surface area contributed by atoms with Gasteiger partial charge in [-0.2, -0.15) is 0 Å². The summed E-state index contributed by atoms with van der Waals surface area (Å²) in [5.41, 5.74) is 5.48. The molecule has 0 radical (unpaired) electrons. The Morgan fingerprint density at radius 2 is 1.55 bits per heavy atom. The van der Waals surface area contributed by atoms with Gasteiger partial charge in [0, 0.05) is 37.6 Å². The molecule has 2 heterocycles.